The summed E-state index contributed by atoms with van der Waals surface area (Å²) < 4.78 is 13.0. The summed E-state index contributed by atoms with van der Waals surface area (Å²) in [5.41, 5.74) is 1.31. The van der Waals surface area contributed by atoms with Gasteiger partial charge in [-0.3, -0.25) is 0 Å². The zero-order valence-electron chi connectivity index (χ0n) is 7.92. The fourth-order valence-corrected chi connectivity index (χ4v) is 2.09. The molecule has 2 nitrogen and oxygen atoms in total. The number of nitrogens with zero attached hydrogens (tertiary/aromatic N) is 1. The highest BCUT2D eigenvalue weighted by molar-refractivity contribution is 7.14. The molecule has 0 aliphatic carbocycles. The van der Waals surface area contributed by atoms with Crippen LogP contribution in [0.1, 0.15) is 0 Å². The van der Waals surface area contributed by atoms with Crippen molar-refractivity contribution in [1.82, 2.24) is 4.98 Å². The normalized spacial score (nSPS) is 10.3. The van der Waals surface area contributed by atoms with Crippen LogP contribution in [0, 0.1) is 5.82 Å². The summed E-state index contributed by atoms with van der Waals surface area (Å²) in [5.74, 6) is -0.312. The second-order valence-corrected chi connectivity index (χ2v) is 4.18. The van der Waals surface area contributed by atoms with E-state index in [1.807, 2.05) is 5.38 Å². The minimum Gasteiger partial charge on any atom is -0.365 e. The van der Waals surface area contributed by atoms with E-state index in [4.69, 9.17) is 11.6 Å². The Morgan fingerprint density at radius 3 is 2.93 bits per heavy atom. The van der Waals surface area contributed by atoms with Crippen molar-refractivity contribution in [1.29, 1.82) is 0 Å². The van der Waals surface area contributed by atoms with Gasteiger partial charge in [-0.1, -0.05) is 11.6 Å². The lowest BCUT2D eigenvalue weighted by Crippen LogP contribution is -1.87. The molecule has 0 atom stereocenters. The quantitative estimate of drug-likeness (QED) is 0.870. The zero-order valence-corrected chi connectivity index (χ0v) is 9.49. The molecule has 15 heavy (non-hydrogen) atoms. The average Bonchev–Trinajstić information content (AvgIpc) is 2.70. The van der Waals surface area contributed by atoms with Crippen molar-refractivity contribution in [3.63, 3.8) is 0 Å². The number of anilines is 1. The standard InChI is InChI=1S/C10H8ClFN2S/c1-13-10-14-9(5-15-10)7-4-6(12)2-3-8(7)11/h2-5H,1H3,(H,13,14). The molecule has 0 unspecified atom stereocenters. The molecule has 0 aliphatic heterocycles. The molecule has 5 heteroatoms. The molecule has 0 aliphatic rings. The van der Waals surface area contributed by atoms with Crippen molar-refractivity contribution in [3.8, 4) is 11.3 Å². The molecule has 2 rings (SSSR count). The summed E-state index contributed by atoms with van der Waals surface area (Å²) in [4.78, 5) is 4.26. The molecule has 0 radical (unpaired) electrons. The van der Waals surface area contributed by atoms with Crippen LogP contribution in [0.4, 0.5) is 9.52 Å². The number of rotatable bonds is 2. The van der Waals surface area contributed by atoms with Crippen molar-refractivity contribution in [2.24, 2.45) is 0 Å². The molecule has 1 heterocycles. The molecule has 0 spiro atoms. The molecule has 0 bridgehead atoms. The Kier molecular flexibility index (Phi) is 2.88. The Balaban J connectivity index is 2.48. The molecule has 1 aromatic heterocycles. The van der Waals surface area contributed by atoms with E-state index in [0.29, 0.717) is 16.3 Å². The van der Waals surface area contributed by atoms with E-state index < -0.39 is 0 Å². The zero-order chi connectivity index (χ0) is 10.8. The molecule has 0 saturated carbocycles. The Morgan fingerprint density at radius 1 is 1.47 bits per heavy atom. The van der Waals surface area contributed by atoms with Gasteiger partial charge < -0.3 is 5.32 Å². The molecule has 1 N–H and O–H groups in total. The summed E-state index contributed by atoms with van der Waals surface area (Å²) in [6.07, 6.45) is 0. The highest BCUT2D eigenvalue weighted by Crippen LogP contribution is 2.30. The number of nitrogens with one attached hydrogen (secondary N) is 1. The van der Waals surface area contributed by atoms with Crippen molar-refractivity contribution < 1.29 is 4.39 Å². The molecule has 78 valence electrons. The third-order valence-electron chi connectivity index (χ3n) is 1.92. The number of halogens is 2. The van der Waals surface area contributed by atoms with Gasteiger partial charge in [-0.15, -0.1) is 11.3 Å². The van der Waals surface area contributed by atoms with Crippen molar-refractivity contribution in [3.05, 3.63) is 34.4 Å². The van der Waals surface area contributed by atoms with E-state index in [9.17, 15) is 4.39 Å². The number of hydrogen-bond donors (Lipinski definition) is 1. The van der Waals surface area contributed by atoms with E-state index in [2.05, 4.69) is 10.3 Å². The van der Waals surface area contributed by atoms with Gasteiger partial charge in [-0.05, 0) is 18.2 Å². The van der Waals surface area contributed by atoms with Gasteiger partial charge in [-0.2, -0.15) is 0 Å². The largest absolute Gasteiger partial charge is 0.365 e. The number of benzene rings is 1. The summed E-state index contributed by atoms with van der Waals surface area (Å²) >= 11 is 7.42. The summed E-state index contributed by atoms with van der Waals surface area (Å²) in [5, 5.41) is 6.05. The summed E-state index contributed by atoms with van der Waals surface area (Å²) in [7, 11) is 1.79. The van der Waals surface area contributed by atoms with Gasteiger partial charge in [0.05, 0.1) is 10.7 Å². The third kappa shape index (κ3) is 2.11. The molecule has 0 saturated heterocycles. The Hall–Kier alpha value is -1.13. The van der Waals surface area contributed by atoms with Crippen LogP contribution in [0.25, 0.3) is 11.3 Å². The van der Waals surface area contributed by atoms with Gasteiger partial charge in [0.1, 0.15) is 5.82 Å². The lowest BCUT2D eigenvalue weighted by Gasteiger charge is -2.00. The smallest absolute Gasteiger partial charge is 0.182 e. The van der Waals surface area contributed by atoms with Crippen LogP contribution >= 0.6 is 22.9 Å². The van der Waals surface area contributed by atoms with E-state index in [1.54, 1.807) is 7.05 Å². The van der Waals surface area contributed by atoms with Gasteiger partial charge in [0.2, 0.25) is 0 Å². The van der Waals surface area contributed by atoms with Crippen LogP contribution in [-0.4, -0.2) is 12.0 Å². The second-order valence-electron chi connectivity index (χ2n) is 2.91. The maximum Gasteiger partial charge on any atom is 0.182 e. The first-order valence-electron chi connectivity index (χ1n) is 4.29. The summed E-state index contributed by atoms with van der Waals surface area (Å²) in [6.45, 7) is 0. The highest BCUT2D eigenvalue weighted by Gasteiger charge is 2.08. The van der Waals surface area contributed by atoms with Crippen LogP contribution in [0.15, 0.2) is 23.6 Å². The van der Waals surface area contributed by atoms with Crippen molar-refractivity contribution >= 4 is 28.1 Å². The van der Waals surface area contributed by atoms with Crippen LogP contribution in [0.2, 0.25) is 5.02 Å². The van der Waals surface area contributed by atoms with Crippen LogP contribution in [0.5, 0.6) is 0 Å². The SMILES string of the molecule is CNc1nc(-c2cc(F)ccc2Cl)cs1. The molecular formula is C10H8ClFN2S. The fraction of sp³-hybridized carbons (Fsp3) is 0.100. The van der Waals surface area contributed by atoms with Gasteiger partial charge >= 0.3 is 0 Å². The lowest BCUT2D eigenvalue weighted by molar-refractivity contribution is 0.628. The molecule has 0 amide bonds. The fourth-order valence-electron chi connectivity index (χ4n) is 1.21. The van der Waals surface area contributed by atoms with Gasteiger partial charge in [-0.25, -0.2) is 9.37 Å². The monoisotopic (exact) mass is 242 g/mol. The van der Waals surface area contributed by atoms with Crippen LogP contribution in [-0.2, 0) is 0 Å². The third-order valence-corrected chi connectivity index (χ3v) is 3.11. The first-order chi connectivity index (χ1) is 7.20. The lowest BCUT2D eigenvalue weighted by atomic mass is 10.2. The molecule has 2 aromatic rings. The number of thiazole rings is 1. The summed E-state index contributed by atoms with van der Waals surface area (Å²) in [6, 6.07) is 4.25. The molecule has 0 fully saturated rings. The van der Waals surface area contributed by atoms with E-state index in [0.717, 1.165) is 5.13 Å². The van der Waals surface area contributed by atoms with Gasteiger partial charge in [0, 0.05) is 18.0 Å². The number of aromatic nitrogens is 1. The van der Waals surface area contributed by atoms with E-state index in [-0.39, 0.29) is 5.82 Å². The first-order valence-corrected chi connectivity index (χ1v) is 5.55. The van der Waals surface area contributed by atoms with Crippen LogP contribution < -0.4 is 5.32 Å². The van der Waals surface area contributed by atoms with E-state index >= 15 is 0 Å². The maximum absolute atomic E-state index is 13.0. The van der Waals surface area contributed by atoms with Gasteiger partial charge in [0.15, 0.2) is 5.13 Å². The van der Waals surface area contributed by atoms with Crippen LogP contribution in [0.3, 0.4) is 0 Å². The minimum absolute atomic E-state index is 0.312. The topological polar surface area (TPSA) is 24.9 Å². The Labute approximate surface area is 95.7 Å². The Bertz CT molecular complexity index is 484. The van der Waals surface area contributed by atoms with Crippen molar-refractivity contribution in [2.45, 2.75) is 0 Å². The second kappa shape index (κ2) is 4.16. The predicted octanol–water partition coefficient (Wildman–Crippen LogP) is 3.64. The molecular weight excluding hydrogens is 235 g/mol. The number of hydrogen-bond acceptors (Lipinski definition) is 3. The Morgan fingerprint density at radius 2 is 2.27 bits per heavy atom. The first kappa shape index (κ1) is 10.4. The molecule has 1 aromatic carbocycles. The van der Waals surface area contributed by atoms with Crippen molar-refractivity contribution in [2.75, 3.05) is 12.4 Å². The minimum atomic E-state index is -0.312. The predicted molar refractivity (Wildman–Crippen MR) is 62.1 cm³/mol. The highest BCUT2D eigenvalue weighted by atomic mass is 35.5. The van der Waals surface area contributed by atoms with Gasteiger partial charge in [0.25, 0.3) is 0 Å². The van der Waals surface area contributed by atoms with E-state index in [1.165, 1.54) is 29.5 Å². The average molecular weight is 243 g/mol. The maximum atomic E-state index is 13.0.